The van der Waals surface area contributed by atoms with Crippen LogP contribution in [0.4, 0.5) is 10.8 Å². The van der Waals surface area contributed by atoms with E-state index < -0.39 is 0 Å². The molecule has 7 heteroatoms. The Balaban J connectivity index is 2.24. The summed E-state index contributed by atoms with van der Waals surface area (Å²) in [4.78, 5) is 16.3. The Bertz CT molecular complexity index is 602. The highest BCUT2D eigenvalue weighted by molar-refractivity contribution is 9.11. The lowest BCUT2D eigenvalue weighted by atomic mass is 10.1. The van der Waals surface area contributed by atoms with Gasteiger partial charge in [-0.2, -0.15) is 0 Å². The van der Waals surface area contributed by atoms with E-state index in [1.165, 1.54) is 11.3 Å². The SMILES string of the molecule is CCNc1ccc(Cl)cc1C(=O)Nc1ncc(Br)s1. The van der Waals surface area contributed by atoms with Crippen molar-refractivity contribution in [1.29, 1.82) is 0 Å². The van der Waals surface area contributed by atoms with Gasteiger partial charge in [0.1, 0.15) is 0 Å². The standard InChI is InChI=1S/C12H11BrClN3OS/c1-2-15-9-4-3-7(14)5-8(9)11(18)17-12-16-6-10(13)19-12/h3-6,15H,2H2,1H3,(H,16,17,18). The third kappa shape index (κ3) is 3.68. The number of anilines is 2. The van der Waals surface area contributed by atoms with Gasteiger partial charge >= 0.3 is 0 Å². The second-order valence-electron chi connectivity index (χ2n) is 3.64. The summed E-state index contributed by atoms with van der Waals surface area (Å²) in [5.41, 5.74) is 1.25. The molecule has 2 aromatic rings. The Hall–Kier alpha value is -1.11. The molecule has 0 aliphatic rings. The topological polar surface area (TPSA) is 54.0 Å². The van der Waals surface area contributed by atoms with Crippen LogP contribution in [-0.4, -0.2) is 17.4 Å². The van der Waals surface area contributed by atoms with E-state index in [0.29, 0.717) is 15.7 Å². The van der Waals surface area contributed by atoms with Gasteiger partial charge in [-0.3, -0.25) is 10.1 Å². The molecule has 100 valence electrons. The number of nitrogens with one attached hydrogen (secondary N) is 2. The van der Waals surface area contributed by atoms with Crippen LogP contribution in [-0.2, 0) is 0 Å². The fourth-order valence-corrected chi connectivity index (χ4v) is 2.80. The quantitative estimate of drug-likeness (QED) is 0.857. The molecule has 2 N–H and O–H groups in total. The van der Waals surface area contributed by atoms with Crippen LogP contribution < -0.4 is 10.6 Å². The predicted octanol–water partition coefficient (Wildman–Crippen LogP) is 4.24. The number of benzene rings is 1. The summed E-state index contributed by atoms with van der Waals surface area (Å²) in [5.74, 6) is -0.236. The molecule has 0 saturated carbocycles. The maximum Gasteiger partial charge on any atom is 0.259 e. The van der Waals surface area contributed by atoms with Crippen LogP contribution in [0.2, 0.25) is 5.02 Å². The number of carbonyl (C=O) groups is 1. The molecule has 0 atom stereocenters. The van der Waals surface area contributed by atoms with Crippen LogP contribution in [0.25, 0.3) is 0 Å². The van der Waals surface area contributed by atoms with Crippen molar-refractivity contribution in [2.24, 2.45) is 0 Å². The monoisotopic (exact) mass is 359 g/mol. The van der Waals surface area contributed by atoms with Crippen molar-refractivity contribution >= 4 is 55.6 Å². The average Bonchev–Trinajstić information content (AvgIpc) is 2.77. The highest BCUT2D eigenvalue weighted by Gasteiger charge is 2.13. The van der Waals surface area contributed by atoms with Crippen molar-refractivity contribution in [2.75, 3.05) is 17.2 Å². The molecule has 1 amide bonds. The summed E-state index contributed by atoms with van der Waals surface area (Å²) in [6.45, 7) is 2.69. The normalized spacial score (nSPS) is 10.3. The molecule has 0 spiro atoms. The fraction of sp³-hybridized carbons (Fsp3) is 0.167. The van der Waals surface area contributed by atoms with Crippen LogP contribution in [0.3, 0.4) is 0 Å². The second-order valence-corrected chi connectivity index (χ2v) is 6.49. The van der Waals surface area contributed by atoms with Gasteiger partial charge in [-0.1, -0.05) is 22.9 Å². The number of aromatic nitrogens is 1. The van der Waals surface area contributed by atoms with Gasteiger partial charge in [0.25, 0.3) is 5.91 Å². The number of halogens is 2. The van der Waals surface area contributed by atoms with Crippen molar-refractivity contribution in [3.05, 3.63) is 38.8 Å². The number of nitrogens with zero attached hydrogens (tertiary/aromatic N) is 1. The zero-order valence-corrected chi connectivity index (χ0v) is 13.2. The largest absolute Gasteiger partial charge is 0.385 e. The number of thiazole rings is 1. The lowest BCUT2D eigenvalue weighted by Gasteiger charge is -2.10. The molecule has 4 nitrogen and oxygen atoms in total. The molecular formula is C12H11BrClN3OS. The summed E-state index contributed by atoms with van der Waals surface area (Å²) in [6, 6.07) is 5.17. The molecule has 0 aliphatic carbocycles. The van der Waals surface area contributed by atoms with E-state index in [4.69, 9.17) is 11.6 Å². The van der Waals surface area contributed by atoms with E-state index in [1.54, 1.807) is 24.4 Å². The Morgan fingerprint density at radius 3 is 2.95 bits per heavy atom. The number of carbonyl (C=O) groups excluding carboxylic acids is 1. The fourth-order valence-electron chi connectivity index (χ4n) is 1.53. The smallest absolute Gasteiger partial charge is 0.259 e. The van der Waals surface area contributed by atoms with E-state index in [2.05, 4.69) is 31.5 Å². The molecule has 1 aromatic heterocycles. The zero-order valence-electron chi connectivity index (χ0n) is 10.0. The summed E-state index contributed by atoms with van der Waals surface area (Å²) < 4.78 is 0.862. The van der Waals surface area contributed by atoms with Gasteiger partial charge in [0.15, 0.2) is 5.13 Å². The van der Waals surface area contributed by atoms with Crippen LogP contribution in [0.15, 0.2) is 28.2 Å². The highest BCUT2D eigenvalue weighted by atomic mass is 79.9. The predicted molar refractivity (Wildman–Crippen MR) is 83.4 cm³/mol. The lowest BCUT2D eigenvalue weighted by molar-refractivity contribution is 0.102. The first-order chi connectivity index (χ1) is 9.10. The van der Waals surface area contributed by atoms with Gasteiger partial charge in [-0.05, 0) is 41.1 Å². The highest BCUT2D eigenvalue weighted by Crippen LogP contribution is 2.25. The molecule has 0 bridgehead atoms. The Morgan fingerprint density at radius 1 is 1.53 bits per heavy atom. The summed E-state index contributed by atoms with van der Waals surface area (Å²) >= 11 is 10.6. The van der Waals surface area contributed by atoms with Crippen LogP contribution in [0.5, 0.6) is 0 Å². The summed E-state index contributed by atoms with van der Waals surface area (Å²) in [7, 11) is 0. The van der Waals surface area contributed by atoms with Gasteiger partial charge in [-0.15, -0.1) is 0 Å². The molecule has 1 aromatic carbocycles. The maximum absolute atomic E-state index is 12.2. The molecule has 0 unspecified atom stereocenters. The van der Waals surface area contributed by atoms with E-state index in [0.717, 1.165) is 16.0 Å². The first-order valence-corrected chi connectivity index (χ1v) is 7.55. The van der Waals surface area contributed by atoms with Crippen LogP contribution in [0, 0.1) is 0 Å². The van der Waals surface area contributed by atoms with E-state index in [9.17, 15) is 4.79 Å². The van der Waals surface area contributed by atoms with Crippen LogP contribution in [0.1, 0.15) is 17.3 Å². The number of rotatable bonds is 4. The van der Waals surface area contributed by atoms with Gasteiger partial charge in [0.2, 0.25) is 0 Å². The van der Waals surface area contributed by atoms with Gasteiger partial charge in [0, 0.05) is 17.3 Å². The third-order valence-electron chi connectivity index (χ3n) is 2.29. The minimum absolute atomic E-state index is 0.236. The van der Waals surface area contributed by atoms with Crippen molar-refractivity contribution in [1.82, 2.24) is 4.98 Å². The molecule has 0 saturated heterocycles. The Morgan fingerprint density at radius 2 is 2.32 bits per heavy atom. The van der Waals surface area contributed by atoms with Gasteiger partial charge in [0.05, 0.1) is 15.5 Å². The van der Waals surface area contributed by atoms with Crippen molar-refractivity contribution in [2.45, 2.75) is 6.92 Å². The van der Waals surface area contributed by atoms with Gasteiger partial charge < -0.3 is 5.32 Å². The molecule has 2 rings (SSSR count). The van der Waals surface area contributed by atoms with Crippen molar-refractivity contribution < 1.29 is 4.79 Å². The first kappa shape index (κ1) is 14.3. The minimum atomic E-state index is -0.236. The summed E-state index contributed by atoms with van der Waals surface area (Å²) in [5, 5.41) is 6.94. The van der Waals surface area contributed by atoms with Gasteiger partial charge in [-0.25, -0.2) is 4.98 Å². The van der Waals surface area contributed by atoms with Crippen LogP contribution >= 0.6 is 38.9 Å². The maximum atomic E-state index is 12.2. The minimum Gasteiger partial charge on any atom is -0.385 e. The lowest BCUT2D eigenvalue weighted by Crippen LogP contribution is -2.14. The molecule has 0 aliphatic heterocycles. The first-order valence-electron chi connectivity index (χ1n) is 5.56. The third-order valence-corrected chi connectivity index (χ3v) is 3.92. The number of amides is 1. The van der Waals surface area contributed by atoms with E-state index >= 15 is 0 Å². The molecule has 1 heterocycles. The van der Waals surface area contributed by atoms with Crippen molar-refractivity contribution in [3.8, 4) is 0 Å². The number of hydrogen-bond donors (Lipinski definition) is 2. The Labute approximate surface area is 128 Å². The Kier molecular flexibility index (Phi) is 4.79. The second kappa shape index (κ2) is 6.36. The average molecular weight is 361 g/mol. The molecule has 0 radical (unpaired) electrons. The van der Waals surface area contributed by atoms with E-state index in [-0.39, 0.29) is 5.91 Å². The zero-order chi connectivity index (χ0) is 13.8. The molecule has 19 heavy (non-hydrogen) atoms. The summed E-state index contributed by atoms with van der Waals surface area (Å²) in [6.07, 6.45) is 1.64. The number of hydrogen-bond acceptors (Lipinski definition) is 4. The van der Waals surface area contributed by atoms with Crippen molar-refractivity contribution in [3.63, 3.8) is 0 Å². The molecular weight excluding hydrogens is 350 g/mol. The molecule has 0 fully saturated rings. The van der Waals surface area contributed by atoms with E-state index in [1.807, 2.05) is 6.92 Å².